The van der Waals surface area contributed by atoms with Crippen molar-refractivity contribution in [3.05, 3.63) is 12.7 Å². The van der Waals surface area contributed by atoms with Gasteiger partial charge in [0.25, 0.3) is 0 Å². The molecule has 0 aliphatic carbocycles. The van der Waals surface area contributed by atoms with E-state index in [-0.39, 0.29) is 0 Å². The second kappa shape index (κ2) is 6.64. The summed E-state index contributed by atoms with van der Waals surface area (Å²) in [4.78, 5) is 0. The van der Waals surface area contributed by atoms with Crippen LogP contribution in [0.25, 0.3) is 0 Å². The van der Waals surface area contributed by atoms with Crippen LogP contribution < -0.4 is 0 Å². The van der Waals surface area contributed by atoms with Gasteiger partial charge in [-0.15, -0.1) is 6.58 Å². The highest BCUT2D eigenvalue weighted by Gasteiger charge is 2.57. The number of methoxy groups -OCH3 is 2. The quantitative estimate of drug-likeness (QED) is 0.327. The van der Waals surface area contributed by atoms with Crippen molar-refractivity contribution in [2.45, 2.75) is 50.2 Å². The Hall–Kier alpha value is -0.990. The molecule has 20 heavy (non-hydrogen) atoms. The summed E-state index contributed by atoms with van der Waals surface area (Å²) in [6, 6.07) is 0. The third kappa shape index (κ3) is 3.02. The Morgan fingerprint density at radius 1 is 1.30 bits per heavy atom. The minimum Gasteiger partial charge on any atom is -0.411 e. The second-order valence-corrected chi connectivity index (χ2v) is 4.82. The Bertz CT molecular complexity index is 363. The zero-order chi connectivity index (χ0) is 15.4. The lowest BCUT2D eigenvalue weighted by molar-refractivity contribution is -0.445. The van der Waals surface area contributed by atoms with E-state index in [4.69, 9.17) is 24.2 Å². The molecule has 0 aromatic carbocycles. The van der Waals surface area contributed by atoms with Crippen LogP contribution in [0.1, 0.15) is 20.3 Å². The number of aliphatic hydroxyl groups is 1. The van der Waals surface area contributed by atoms with Gasteiger partial charge in [0.2, 0.25) is 11.6 Å². The molecule has 0 aromatic rings. The Balaban J connectivity index is 3.09. The maximum atomic E-state index is 10.1. The number of nitrogens with zero attached hydrogens (tertiary/aromatic N) is 1. The first-order chi connectivity index (χ1) is 9.37. The van der Waals surface area contributed by atoms with Crippen LogP contribution in [0.5, 0.6) is 0 Å². The Morgan fingerprint density at radius 3 is 2.30 bits per heavy atom. The summed E-state index contributed by atoms with van der Waals surface area (Å²) >= 11 is 0. The number of hydrogen-bond acceptors (Lipinski definition) is 7. The molecule has 0 radical (unpaired) electrons. The molecule has 1 aliphatic rings. The summed E-state index contributed by atoms with van der Waals surface area (Å²) in [5.74, 6) is -2.45. The van der Waals surface area contributed by atoms with Crippen LogP contribution in [0.15, 0.2) is 17.8 Å². The molecule has 1 aliphatic heterocycles. The van der Waals surface area contributed by atoms with Crippen LogP contribution in [0, 0.1) is 0 Å². The maximum Gasteiger partial charge on any atom is 0.220 e. The average molecular weight is 289 g/mol. The van der Waals surface area contributed by atoms with Gasteiger partial charge in [-0.3, -0.25) is 0 Å². The monoisotopic (exact) mass is 289 g/mol. The van der Waals surface area contributed by atoms with Crippen molar-refractivity contribution in [3.63, 3.8) is 0 Å². The van der Waals surface area contributed by atoms with Gasteiger partial charge in [0.05, 0.1) is 12.3 Å². The standard InChI is InChI=1S/C13H23NO6/c1-6-7-9(15)11-10(8-14-16)19-12(2,17-4)13(3,18-5)20-11/h6,8-11,15-16H,1,7H2,2-5H3/b14-8+/t9-,10-,11-,12+,13+/m0/s1. The molecule has 0 aromatic heterocycles. The van der Waals surface area contributed by atoms with Gasteiger partial charge in [0.1, 0.15) is 12.2 Å². The topological polar surface area (TPSA) is 89.7 Å². The molecule has 0 bridgehead atoms. The Labute approximate surface area is 118 Å². The van der Waals surface area contributed by atoms with E-state index >= 15 is 0 Å². The highest BCUT2D eigenvalue weighted by Crippen LogP contribution is 2.39. The molecule has 0 spiro atoms. The highest BCUT2D eigenvalue weighted by atomic mass is 16.8. The zero-order valence-corrected chi connectivity index (χ0v) is 12.3. The van der Waals surface area contributed by atoms with E-state index in [1.165, 1.54) is 14.2 Å². The largest absolute Gasteiger partial charge is 0.411 e. The van der Waals surface area contributed by atoms with E-state index in [0.29, 0.717) is 6.42 Å². The molecule has 1 rings (SSSR count). The van der Waals surface area contributed by atoms with Crippen molar-refractivity contribution in [2.24, 2.45) is 5.16 Å². The van der Waals surface area contributed by atoms with Gasteiger partial charge in [-0.2, -0.15) is 0 Å². The van der Waals surface area contributed by atoms with Crippen LogP contribution in [-0.2, 0) is 18.9 Å². The van der Waals surface area contributed by atoms with Crippen LogP contribution in [0.2, 0.25) is 0 Å². The molecule has 7 heteroatoms. The van der Waals surface area contributed by atoms with Crippen LogP contribution >= 0.6 is 0 Å². The fraction of sp³-hybridized carbons (Fsp3) is 0.769. The maximum absolute atomic E-state index is 10.1. The molecule has 1 saturated heterocycles. The normalized spacial score (nSPS) is 39.9. The van der Waals surface area contributed by atoms with E-state index < -0.39 is 29.9 Å². The number of aliphatic hydroxyl groups excluding tert-OH is 1. The molecular weight excluding hydrogens is 266 g/mol. The number of oxime groups is 1. The summed E-state index contributed by atoms with van der Waals surface area (Å²) in [6.45, 7) is 6.87. The van der Waals surface area contributed by atoms with Crippen molar-refractivity contribution >= 4 is 6.21 Å². The lowest BCUT2D eigenvalue weighted by Gasteiger charge is -2.52. The number of hydrogen-bond donors (Lipinski definition) is 2. The summed E-state index contributed by atoms with van der Waals surface area (Å²) in [7, 11) is 2.91. The van der Waals surface area contributed by atoms with Crippen LogP contribution in [-0.4, -0.2) is 60.6 Å². The van der Waals surface area contributed by atoms with E-state index in [2.05, 4.69) is 11.7 Å². The first-order valence-corrected chi connectivity index (χ1v) is 6.30. The summed E-state index contributed by atoms with van der Waals surface area (Å²) in [5, 5.41) is 21.8. The Kier molecular flexibility index (Phi) is 5.67. The molecule has 116 valence electrons. The predicted octanol–water partition coefficient (Wildman–Crippen LogP) is 0.893. The first kappa shape index (κ1) is 17.1. The molecule has 2 N–H and O–H groups in total. The van der Waals surface area contributed by atoms with Gasteiger partial charge in [0, 0.05) is 14.2 Å². The Morgan fingerprint density at radius 2 is 1.85 bits per heavy atom. The van der Waals surface area contributed by atoms with E-state index in [1.807, 2.05) is 0 Å². The molecule has 1 heterocycles. The summed E-state index contributed by atoms with van der Waals surface area (Å²) in [5.41, 5.74) is 0. The number of ether oxygens (including phenoxy) is 4. The van der Waals surface area contributed by atoms with Gasteiger partial charge in [-0.05, 0) is 20.3 Å². The van der Waals surface area contributed by atoms with Gasteiger partial charge in [-0.1, -0.05) is 11.2 Å². The molecule has 0 saturated carbocycles. The van der Waals surface area contributed by atoms with E-state index in [1.54, 1.807) is 19.9 Å². The van der Waals surface area contributed by atoms with E-state index in [0.717, 1.165) is 6.21 Å². The SMILES string of the molecule is C=CC[C@H](O)[C@@H]1O[C@@](C)(OC)[C@](C)(OC)O[C@H]1/C=N/O. The van der Waals surface area contributed by atoms with Crippen molar-refractivity contribution in [1.29, 1.82) is 0 Å². The van der Waals surface area contributed by atoms with Crippen molar-refractivity contribution in [2.75, 3.05) is 14.2 Å². The molecule has 0 unspecified atom stereocenters. The van der Waals surface area contributed by atoms with Crippen molar-refractivity contribution in [1.82, 2.24) is 0 Å². The fourth-order valence-corrected chi connectivity index (χ4v) is 2.12. The lowest BCUT2D eigenvalue weighted by atomic mass is 9.99. The summed E-state index contributed by atoms with van der Waals surface area (Å²) in [6.07, 6.45) is 0.554. The van der Waals surface area contributed by atoms with Gasteiger partial charge >= 0.3 is 0 Å². The van der Waals surface area contributed by atoms with Crippen LogP contribution in [0.3, 0.4) is 0 Å². The smallest absolute Gasteiger partial charge is 0.220 e. The first-order valence-electron chi connectivity index (χ1n) is 6.30. The van der Waals surface area contributed by atoms with Gasteiger partial charge < -0.3 is 29.3 Å². The molecule has 7 nitrogen and oxygen atoms in total. The molecular formula is C13H23NO6. The second-order valence-electron chi connectivity index (χ2n) is 4.82. The van der Waals surface area contributed by atoms with E-state index in [9.17, 15) is 5.11 Å². The lowest BCUT2D eigenvalue weighted by Crippen LogP contribution is -2.67. The fourth-order valence-electron chi connectivity index (χ4n) is 2.12. The van der Waals surface area contributed by atoms with Crippen molar-refractivity contribution in [3.8, 4) is 0 Å². The third-order valence-electron chi connectivity index (χ3n) is 3.65. The van der Waals surface area contributed by atoms with Crippen molar-refractivity contribution < 1.29 is 29.3 Å². The number of rotatable bonds is 6. The van der Waals surface area contributed by atoms with Gasteiger partial charge in [-0.25, -0.2) is 0 Å². The third-order valence-corrected chi connectivity index (χ3v) is 3.65. The highest BCUT2D eigenvalue weighted by molar-refractivity contribution is 5.63. The molecule has 1 fully saturated rings. The predicted molar refractivity (Wildman–Crippen MR) is 71.7 cm³/mol. The van der Waals surface area contributed by atoms with Crippen LogP contribution in [0.4, 0.5) is 0 Å². The molecule has 0 amide bonds. The van der Waals surface area contributed by atoms with Gasteiger partial charge in [0.15, 0.2) is 0 Å². The average Bonchev–Trinajstić information content (AvgIpc) is 2.43. The summed E-state index contributed by atoms with van der Waals surface area (Å²) < 4.78 is 22.3. The minimum atomic E-state index is -1.23. The minimum absolute atomic E-state index is 0.299. The molecule has 5 atom stereocenters. The zero-order valence-electron chi connectivity index (χ0n) is 12.3.